The average Bonchev–Trinajstić information content (AvgIpc) is 3.13. The maximum absolute atomic E-state index is 12.2. The van der Waals surface area contributed by atoms with Crippen molar-refractivity contribution < 1.29 is 23.8 Å². The molecule has 0 aliphatic heterocycles. The number of phenols is 1. The summed E-state index contributed by atoms with van der Waals surface area (Å²) in [5, 5.41) is 17.6. The fourth-order valence-electron chi connectivity index (χ4n) is 2.18. The maximum Gasteiger partial charge on any atom is 0.338 e. The zero-order valence-electron chi connectivity index (χ0n) is 13.8. The number of ether oxygens (including phenoxy) is 2. The van der Waals surface area contributed by atoms with E-state index in [1.807, 2.05) is 30.3 Å². The minimum atomic E-state index is -0.660. The summed E-state index contributed by atoms with van der Waals surface area (Å²) in [6.07, 6.45) is 0. The number of aromatic nitrogens is 2. The number of phenolic OH excluding ortho intramolecular Hbond substituents is 1. The lowest BCUT2D eigenvalue weighted by Crippen LogP contribution is -2.06. The van der Waals surface area contributed by atoms with Crippen LogP contribution in [0.15, 0.2) is 46.9 Å². The van der Waals surface area contributed by atoms with Gasteiger partial charge in [0.25, 0.3) is 5.89 Å². The molecule has 7 nitrogen and oxygen atoms in total. The molecule has 0 amide bonds. The van der Waals surface area contributed by atoms with Crippen LogP contribution in [0.25, 0.3) is 11.5 Å². The summed E-state index contributed by atoms with van der Waals surface area (Å²) in [5.74, 6) is -0.284. The van der Waals surface area contributed by atoms with Crippen molar-refractivity contribution >= 4 is 17.6 Å². The average molecular weight is 375 g/mol. The predicted molar refractivity (Wildman–Crippen MR) is 93.1 cm³/mol. The maximum atomic E-state index is 12.2. The first kappa shape index (κ1) is 17.8. The molecule has 134 valence electrons. The Morgan fingerprint density at radius 2 is 2.00 bits per heavy atom. The van der Waals surface area contributed by atoms with E-state index >= 15 is 0 Å². The minimum Gasteiger partial charge on any atom is -0.503 e. The van der Waals surface area contributed by atoms with Crippen molar-refractivity contribution in [2.75, 3.05) is 6.61 Å². The molecule has 0 atom stereocenters. The van der Waals surface area contributed by atoms with Gasteiger partial charge in [-0.25, -0.2) is 4.79 Å². The highest BCUT2D eigenvalue weighted by Gasteiger charge is 2.17. The summed E-state index contributed by atoms with van der Waals surface area (Å²) in [5.41, 5.74) is 0.906. The molecule has 0 saturated heterocycles. The molecule has 0 unspecified atom stereocenters. The Balaban J connectivity index is 1.69. The Morgan fingerprint density at radius 3 is 2.73 bits per heavy atom. The monoisotopic (exact) mass is 374 g/mol. The van der Waals surface area contributed by atoms with Crippen LogP contribution in [0.2, 0.25) is 5.02 Å². The third kappa shape index (κ3) is 3.94. The molecule has 3 rings (SSSR count). The molecule has 1 heterocycles. The third-order valence-corrected chi connectivity index (χ3v) is 3.67. The van der Waals surface area contributed by atoms with Gasteiger partial charge in [0.2, 0.25) is 5.89 Å². The summed E-state index contributed by atoms with van der Waals surface area (Å²) in [4.78, 5) is 12.2. The number of esters is 1. The van der Waals surface area contributed by atoms with Crippen molar-refractivity contribution in [2.24, 2.45) is 0 Å². The Labute approximate surface area is 154 Å². The molecule has 0 aliphatic rings. The van der Waals surface area contributed by atoms with Crippen molar-refractivity contribution in [3.8, 4) is 23.0 Å². The number of nitrogens with zero attached hydrogens (tertiary/aromatic N) is 2. The number of benzene rings is 2. The van der Waals surface area contributed by atoms with E-state index in [0.29, 0.717) is 12.5 Å². The molecule has 0 spiro atoms. The molecule has 0 aliphatic carbocycles. The first-order valence-corrected chi connectivity index (χ1v) is 8.16. The zero-order chi connectivity index (χ0) is 18.5. The highest BCUT2D eigenvalue weighted by molar-refractivity contribution is 6.32. The van der Waals surface area contributed by atoms with Crippen LogP contribution in [-0.4, -0.2) is 27.9 Å². The molecule has 1 aromatic heterocycles. The number of carbonyl (C=O) groups excluding carboxylic acids is 1. The molecule has 1 N–H and O–H groups in total. The van der Waals surface area contributed by atoms with Gasteiger partial charge < -0.3 is 19.0 Å². The zero-order valence-corrected chi connectivity index (χ0v) is 14.6. The number of halogens is 1. The summed E-state index contributed by atoms with van der Waals surface area (Å²) in [6.45, 7) is 1.87. The van der Waals surface area contributed by atoms with Crippen LogP contribution in [0.5, 0.6) is 11.5 Å². The van der Waals surface area contributed by atoms with Gasteiger partial charge in [-0.3, -0.25) is 0 Å². The topological polar surface area (TPSA) is 94.7 Å². The van der Waals surface area contributed by atoms with Crippen molar-refractivity contribution in [1.29, 1.82) is 0 Å². The molecule has 26 heavy (non-hydrogen) atoms. The Bertz CT molecular complexity index is 911. The Kier molecular flexibility index (Phi) is 5.38. The van der Waals surface area contributed by atoms with E-state index in [4.69, 9.17) is 25.5 Å². The lowest BCUT2D eigenvalue weighted by atomic mass is 10.2. The van der Waals surface area contributed by atoms with E-state index in [1.54, 1.807) is 6.92 Å². The van der Waals surface area contributed by atoms with Crippen molar-refractivity contribution in [1.82, 2.24) is 10.2 Å². The van der Waals surface area contributed by atoms with E-state index in [2.05, 4.69) is 10.2 Å². The van der Waals surface area contributed by atoms with Gasteiger partial charge in [-0.2, -0.15) is 0 Å². The first-order valence-electron chi connectivity index (χ1n) is 7.78. The van der Waals surface area contributed by atoms with Crippen molar-refractivity contribution in [3.63, 3.8) is 0 Å². The fraction of sp³-hybridized carbons (Fsp3) is 0.167. The van der Waals surface area contributed by atoms with Gasteiger partial charge >= 0.3 is 5.97 Å². The van der Waals surface area contributed by atoms with Crippen LogP contribution < -0.4 is 4.74 Å². The third-order valence-electron chi connectivity index (χ3n) is 3.38. The largest absolute Gasteiger partial charge is 0.503 e. The van der Waals surface area contributed by atoms with Crippen LogP contribution in [0.1, 0.15) is 23.2 Å². The summed E-state index contributed by atoms with van der Waals surface area (Å²) in [6, 6.07) is 11.9. The molecule has 0 fully saturated rings. The van der Waals surface area contributed by atoms with E-state index in [1.165, 1.54) is 12.1 Å². The Hall–Kier alpha value is -3.06. The highest BCUT2D eigenvalue weighted by atomic mass is 35.5. The minimum absolute atomic E-state index is 0.00736. The van der Waals surface area contributed by atoms with E-state index in [0.717, 1.165) is 5.56 Å². The second kappa shape index (κ2) is 7.88. The number of carbonyl (C=O) groups is 1. The smallest absolute Gasteiger partial charge is 0.338 e. The molecule has 2 aromatic carbocycles. The first-order chi connectivity index (χ1) is 12.6. The molecule has 0 radical (unpaired) electrons. The lowest BCUT2D eigenvalue weighted by Gasteiger charge is -2.09. The second-order valence-electron chi connectivity index (χ2n) is 5.18. The second-order valence-corrected chi connectivity index (χ2v) is 5.59. The van der Waals surface area contributed by atoms with Crippen molar-refractivity contribution in [2.45, 2.75) is 13.5 Å². The molecular formula is C18H15ClN2O5. The van der Waals surface area contributed by atoms with Gasteiger partial charge in [0.05, 0.1) is 17.2 Å². The SMILES string of the molecule is CCOc1cc(C(=O)OCc2nnc(-c3ccccc3)o2)cc(Cl)c1O. The van der Waals surface area contributed by atoms with Crippen LogP contribution in [0, 0.1) is 0 Å². The molecule has 0 saturated carbocycles. The highest BCUT2D eigenvalue weighted by Crippen LogP contribution is 2.35. The summed E-state index contributed by atoms with van der Waals surface area (Å²) >= 11 is 5.91. The van der Waals surface area contributed by atoms with E-state index < -0.39 is 5.97 Å². The number of hydrogen-bond donors (Lipinski definition) is 1. The number of rotatable bonds is 6. The predicted octanol–water partition coefficient (Wildman–Crippen LogP) is 3.85. The molecule has 0 bridgehead atoms. The van der Waals surface area contributed by atoms with Gasteiger partial charge in [0.15, 0.2) is 18.1 Å². The van der Waals surface area contributed by atoms with Gasteiger partial charge in [-0.15, -0.1) is 10.2 Å². The standard InChI is InChI=1S/C18H15ClN2O5/c1-2-24-14-9-12(8-13(19)16(14)22)18(23)25-10-15-20-21-17(26-15)11-6-4-3-5-7-11/h3-9,22H,2,10H2,1H3. The normalized spacial score (nSPS) is 10.5. The van der Waals surface area contributed by atoms with Crippen LogP contribution >= 0.6 is 11.6 Å². The van der Waals surface area contributed by atoms with Gasteiger partial charge in [0.1, 0.15) is 0 Å². The number of aromatic hydroxyl groups is 1. The number of hydrogen-bond acceptors (Lipinski definition) is 7. The van der Waals surface area contributed by atoms with E-state index in [9.17, 15) is 9.90 Å². The van der Waals surface area contributed by atoms with Crippen molar-refractivity contribution in [3.05, 3.63) is 58.9 Å². The van der Waals surface area contributed by atoms with Gasteiger partial charge in [0, 0.05) is 5.56 Å². The molecular weight excluding hydrogens is 360 g/mol. The summed E-state index contributed by atoms with van der Waals surface area (Å²) in [7, 11) is 0. The van der Waals surface area contributed by atoms with Gasteiger partial charge in [-0.05, 0) is 31.2 Å². The van der Waals surface area contributed by atoms with Gasteiger partial charge in [-0.1, -0.05) is 29.8 Å². The molecule has 3 aromatic rings. The van der Waals surface area contributed by atoms with Crippen LogP contribution in [-0.2, 0) is 11.3 Å². The quantitative estimate of drug-likeness (QED) is 0.654. The fourth-order valence-corrected chi connectivity index (χ4v) is 2.39. The van der Waals surface area contributed by atoms with Crippen LogP contribution in [0.3, 0.4) is 0 Å². The summed E-state index contributed by atoms with van der Waals surface area (Å²) < 4.78 is 15.9. The Morgan fingerprint density at radius 1 is 1.23 bits per heavy atom. The van der Waals surface area contributed by atoms with E-state index in [-0.39, 0.29) is 34.6 Å². The lowest BCUT2D eigenvalue weighted by molar-refractivity contribution is 0.0438. The molecule has 8 heteroatoms. The van der Waals surface area contributed by atoms with Crippen LogP contribution in [0.4, 0.5) is 0 Å².